The Hall–Kier alpha value is -2.01. The number of aryl methyl sites for hydroxylation is 1. The van der Waals surface area contributed by atoms with Gasteiger partial charge in [-0.25, -0.2) is 0 Å². The minimum Gasteiger partial charge on any atom is -0.384 e. The third-order valence-electron chi connectivity index (χ3n) is 2.69. The second kappa shape index (κ2) is 4.67. The number of benzene rings is 2. The quantitative estimate of drug-likeness (QED) is 0.787. The second-order valence-corrected chi connectivity index (χ2v) is 3.81. The fraction of sp³-hybridized carbons (Fsp3) is 0.214. The Morgan fingerprint density at radius 2 is 1.88 bits per heavy atom. The van der Waals surface area contributed by atoms with Gasteiger partial charge in [-0.2, -0.15) is 5.26 Å². The van der Waals surface area contributed by atoms with Gasteiger partial charge in [0.05, 0.1) is 12.5 Å². The molecule has 1 N–H and O–H groups in total. The van der Waals surface area contributed by atoms with Gasteiger partial charge in [0, 0.05) is 17.6 Å². The molecule has 0 saturated heterocycles. The topological polar surface area (TPSA) is 35.8 Å². The molecule has 0 amide bonds. The molecule has 0 atom stereocenters. The second-order valence-electron chi connectivity index (χ2n) is 3.81. The van der Waals surface area contributed by atoms with Gasteiger partial charge in [0.25, 0.3) is 0 Å². The van der Waals surface area contributed by atoms with Gasteiger partial charge in [-0.1, -0.05) is 30.3 Å². The van der Waals surface area contributed by atoms with Crippen LogP contribution < -0.4 is 5.32 Å². The molecule has 0 heterocycles. The summed E-state index contributed by atoms with van der Waals surface area (Å²) in [7, 11) is 0. The summed E-state index contributed by atoms with van der Waals surface area (Å²) in [4.78, 5) is 0. The molecule has 2 heteroatoms. The third kappa shape index (κ3) is 1.99. The highest BCUT2D eigenvalue weighted by Gasteiger charge is 2.01. The molecule has 2 aromatic carbocycles. The minimum atomic E-state index is 0.530. The van der Waals surface area contributed by atoms with E-state index in [0.29, 0.717) is 13.0 Å². The molecule has 0 aliphatic carbocycles. The van der Waals surface area contributed by atoms with Crippen LogP contribution in [0.4, 0.5) is 5.69 Å². The van der Waals surface area contributed by atoms with Crippen LogP contribution in [-0.4, -0.2) is 6.54 Å². The van der Waals surface area contributed by atoms with E-state index in [2.05, 4.69) is 42.6 Å². The lowest BCUT2D eigenvalue weighted by molar-refractivity contribution is 1.08. The Balaban J connectivity index is 2.39. The van der Waals surface area contributed by atoms with Gasteiger partial charge in [0.15, 0.2) is 0 Å². The number of hydrogen-bond donors (Lipinski definition) is 1. The third-order valence-corrected chi connectivity index (χ3v) is 2.69. The highest BCUT2D eigenvalue weighted by atomic mass is 14.9. The molecule has 0 radical (unpaired) electrons. The lowest BCUT2D eigenvalue weighted by Crippen LogP contribution is -2.00. The van der Waals surface area contributed by atoms with E-state index in [0.717, 1.165) is 5.69 Å². The van der Waals surface area contributed by atoms with Crippen molar-refractivity contribution in [2.75, 3.05) is 11.9 Å². The lowest BCUT2D eigenvalue weighted by atomic mass is 10.0. The fourth-order valence-electron chi connectivity index (χ4n) is 1.86. The molecule has 0 aliphatic heterocycles. The molecule has 0 spiro atoms. The summed E-state index contributed by atoms with van der Waals surface area (Å²) in [6.45, 7) is 2.81. The number of rotatable bonds is 3. The van der Waals surface area contributed by atoms with Crippen LogP contribution in [0.2, 0.25) is 0 Å². The van der Waals surface area contributed by atoms with E-state index >= 15 is 0 Å². The molecule has 2 rings (SSSR count). The van der Waals surface area contributed by atoms with Crippen molar-refractivity contribution in [2.45, 2.75) is 13.3 Å². The molecule has 2 aromatic rings. The van der Waals surface area contributed by atoms with Crippen LogP contribution in [0, 0.1) is 18.3 Å². The number of nitrogens with zero attached hydrogens (tertiary/aromatic N) is 1. The maximum Gasteiger partial charge on any atom is 0.0640 e. The molecule has 0 aliphatic rings. The number of hydrogen-bond acceptors (Lipinski definition) is 2. The van der Waals surface area contributed by atoms with Crippen molar-refractivity contribution in [3.63, 3.8) is 0 Å². The Bertz CT molecular complexity index is 538. The van der Waals surface area contributed by atoms with Crippen molar-refractivity contribution in [1.29, 1.82) is 5.26 Å². The molecule has 0 unspecified atom stereocenters. The lowest BCUT2D eigenvalue weighted by Gasteiger charge is -2.10. The maximum atomic E-state index is 8.51. The first-order valence-corrected chi connectivity index (χ1v) is 5.42. The van der Waals surface area contributed by atoms with E-state index in [-0.39, 0.29) is 0 Å². The van der Waals surface area contributed by atoms with Gasteiger partial charge in [-0.15, -0.1) is 0 Å². The summed E-state index contributed by atoms with van der Waals surface area (Å²) >= 11 is 0. The standard InChI is InChI=1S/C14H14N2/c1-11-7-8-14(16-10-4-9-15)13-6-3-2-5-12(11)13/h2-3,5-8,16H,4,10H2,1H3. The molecule has 2 nitrogen and oxygen atoms in total. The van der Waals surface area contributed by atoms with E-state index in [9.17, 15) is 0 Å². The van der Waals surface area contributed by atoms with E-state index in [1.807, 2.05) is 12.1 Å². The van der Waals surface area contributed by atoms with Crippen LogP contribution in [0.1, 0.15) is 12.0 Å². The first kappa shape index (κ1) is 10.5. The number of nitriles is 1. The van der Waals surface area contributed by atoms with Crippen molar-refractivity contribution in [3.05, 3.63) is 42.0 Å². The van der Waals surface area contributed by atoms with Gasteiger partial charge >= 0.3 is 0 Å². The predicted molar refractivity (Wildman–Crippen MR) is 67.4 cm³/mol. The molecule has 0 aromatic heterocycles. The first-order chi connectivity index (χ1) is 7.83. The molecule has 0 saturated carbocycles. The SMILES string of the molecule is Cc1ccc(NCCC#N)c2ccccc12. The maximum absolute atomic E-state index is 8.51. The van der Waals surface area contributed by atoms with Crippen LogP contribution in [-0.2, 0) is 0 Å². The van der Waals surface area contributed by atoms with Gasteiger partial charge in [0.2, 0.25) is 0 Å². The molecule has 0 bridgehead atoms. The highest BCUT2D eigenvalue weighted by molar-refractivity contribution is 5.95. The Morgan fingerprint density at radius 3 is 2.62 bits per heavy atom. The van der Waals surface area contributed by atoms with Crippen molar-refractivity contribution in [1.82, 2.24) is 0 Å². The number of nitrogens with one attached hydrogen (secondary N) is 1. The van der Waals surface area contributed by atoms with E-state index < -0.39 is 0 Å². The van der Waals surface area contributed by atoms with Gasteiger partial charge in [-0.05, 0) is 23.9 Å². The molecule has 80 valence electrons. The van der Waals surface area contributed by atoms with E-state index in [1.165, 1.54) is 16.3 Å². The number of fused-ring (bicyclic) bond motifs is 1. The van der Waals surface area contributed by atoms with Crippen molar-refractivity contribution in [3.8, 4) is 6.07 Å². The summed E-state index contributed by atoms with van der Waals surface area (Å²) in [6, 6.07) is 14.6. The Labute approximate surface area is 95.5 Å². The van der Waals surface area contributed by atoms with Crippen molar-refractivity contribution in [2.24, 2.45) is 0 Å². The average molecular weight is 210 g/mol. The van der Waals surface area contributed by atoms with Crippen molar-refractivity contribution >= 4 is 16.5 Å². The monoisotopic (exact) mass is 210 g/mol. The Morgan fingerprint density at radius 1 is 1.12 bits per heavy atom. The van der Waals surface area contributed by atoms with Crippen LogP contribution in [0.3, 0.4) is 0 Å². The summed E-state index contributed by atoms with van der Waals surface area (Å²) in [6.07, 6.45) is 0.530. The first-order valence-electron chi connectivity index (χ1n) is 5.42. The number of anilines is 1. The van der Waals surface area contributed by atoms with Gasteiger partial charge in [-0.3, -0.25) is 0 Å². The summed E-state index contributed by atoms with van der Waals surface area (Å²) in [5.41, 5.74) is 2.39. The molecular weight excluding hydrogens is 196 g/mol. The van der Waals surface area contributed by atoms with Crippen LogP contribution in [0.5, 0.6) is 0 Å². The normalized spacial score (nSPS) is 10.0. The molecule has 0 fully saturated rings. The highest BCUT2D eigenvalue weighted by Crippen LogP contribution is 2.25. The van der Waals surface area contributed by atoms with Crippen LogP contribution in [0.15, 0.2) is 36.4 Å². The van der Waals surface area contributed by atoms with Gasteiger partial charge in [0.1, 0.15) is 0 Å². The predicted octanol–water partition coefficient (Wildman–Crippen LogP) is 3.47. The zero-order chi connectivity index (χ0) is 11.4. The Kier molecular flexibility index (Phi) is 3.07. The fourth-order valence-corrected chi connectivity index (χ4v) is 1.86. The van der Waals surface area contributed by atoms with Crippen LogP contribution in [0.25, 0.3) is 10.8 Å². The summed E-state index contributed by atoms with van der Waals surface area (Å²) in [5.74, 6) is 0. The summed E-state index contributed by atoms with van der Waals surface area (Å²) in [5, 5.41) is 14.3. The van der Waals surface area contributed by atoms with E-state index in [4.69, 9.17) is 5.26 Å². The minimum absolute atomic E-state index is 0.530. The molecular formula is C14H14N2. The average Bonchev–Trinajstić information content (AvgIpc) is 2.33. The smallest absolute Gasteiger partial charge is 0.0640 e. The zero-order valence-electron chi connectivity index (χ0n) is 9.33. The zero-order valence-corrected chi connectivity index (χ0v) is 9.33. The molecule has 16 heavy (non-hydrogen) atoms. The van der Waals surface area contributed by atoms with Crippen molar-refractivity contribution < 1.29 is 0 Å². The largest absolute Gasteiger partial charge is 0.384 e. The summed E-state index contributed by atoms with van der Waals surface area (Å²) < 4.78 is 0. The van der Waals surface area contributed by atoms with E-state index in [1.54, 1.807) is 0 Å². The van der Waals surface area contributed by atoms with Gasteiger partial charge < -0.3 is 5.32 Å². The van der Waals surface area contributed by atoms with Crippen LogP contribution >= 0.6 is 0 Å².